The summed E-state index contributed by atoms with van der Waals surface area (Å²) in [7, 11) is -2.56. The van der Waals surface area contributed by atoms with Gasteiger partial charge in [0.25, 0.3) is 5.56 Å². The minimum atomic E-state index is -4.17. The highest BCUT2D eigenvalue weighted by molar-refractivity contribution is 7.91. The summed E-state index contributed by atoms with van der Waals surface area (Å²) in [5.74, 6) is 0. The predicted octanol–water partition coefficient (Wildman–Crippen LogP) is 1.72. The lowest BCUT2D eigenvalue weighted by atomic mass is 10.2. The number of hydrogen-bond donors (Lipinski definition) is 2. The van der Waals surface area contributed by atoms with Gasteiger partial charge in [-0.3, -0.25) is 9.48 Å². The molecule has 10 nitrogen and oxygen atoms in total. The van der Waals surface area contributed by atoms with Crippen LogP contribution in [0.1, 0.15) is 12.5 Å². The number of aromatic amines is 1. The topological polar surface area (TPSA) is 136 Å². The smallest absolute Gasteiger partial charge is 0.362 e. The van der Waals surface area contributed by atoms with Crippen molar-refractivity contribution in [1.82, 2.24) is 19.5 Å². The van der Waals surface area contributed by atoms with E-state index >= 15 is 0 Å². The lowest BCUT2D eigenvalue weighted by Gasteiger charge is -2.10. The van der Waals surface area contributed by atoms with Crippen LogP contribution < -0.4 is 11.2 Å². The Morgan fingerprint density at radius 2 is 2.03 bits per heavy atom. The Bertz CT molecular complexity index is 1600. The molecule has 31 heavy (non-hydrogen) atoms. The molecule has 1 aliphatic rings. The number of nitrogens with one attached hydrogen (secondary N) is 1. The molecule has 4 aromatic rings. The highest BCUT2D eigenvalue weighted by Gasteiger charge is 2.40. The molecule has 0 amide bonds. The third-order valence-corrected chi connectivity index (χ3v) is 7.54. The van der Waals surface area contributed by atoms with Gasteiger partial charge in [0.2, 0.25) is 9.84 Å². The monoisotopic (exact) mass is 462 g/mol. The molecule has 0 spiro atoms. The molecule has 5 rings (SSSR count). The first-order valence-electron chi connectivity index (χ1n) is 9.16. The summed E-state index contributed by atoms with van der Waals surface area (Å²) in [5.41, 5.74) is -1.95. The van der Waals surface area contributed by atoms with Gasteiger partial charge in [-0.1, -0.05) is 16.3 Å². The summed E-state index contributed by atoms with van der Waals surface area (Å²) in [6.07, 6.45) is 2.45. The fraction of sp³-hybridized carbons (Fsp3) is 0.211. The SMILES string of the molecule is CO[C@@H]1C[C@H]1n1ncc2ccc(S(=O)(=O)c3ccc(Cl)c4c(=O)n(O)c(=O)[nH]c34)cc21. The van der Waals surface area contributed by atoms with E-state index in [2.05, 4.69) is 10.1 Å². The van der Waals surface area contributed by atoms with Crippen molar-refractivity contribution in [3.8, 4) is 0 Å². The molecule has 0 radical (unpaired) electrons. The average molecular weight is 463 g/mol. The number of aromatic nitrogens is 4. The van der Waals surface area contributed by atoms with Gasteiger partial charge in [0.1, 0.15) is 0 Å². The van der Waals surface area contributed by atoms with E-state index in [0.717, 1.165) is 11.8 Å². The minimum Gasteiger partial charge on any atom is -0.421 e. The van der Waals surface area contributed by atoms with Gasteiger partial charge in [0.15, 0.2) is 0 Å². The number of H-pyrrole nitrogens is 1. The largest absolute Gasteiger partial charge is 0.421 e. The minimum absolute atomic E-state index is 0.0225. The van der Waals surface area contributed by atoms with Crippen LogP contribution in [0, 0.1) is 0 Å². The zero-order valence-electron chi connectivity index (χ0n) is 15.9. The van der Waals surface area contributed by atoms with Crippen LogP contribution >= 0.6 is 11.6 Å². The van der Waals surface area contributed by atoms with Crippen molar-refractivity contribution in [3.63, 3.8) is 0 Å². The van der Waals surface area contributed by atoms with Gasteiger partial charge in [0.05, 0.1) is 49.6 Å². The van der Waals surface area contributed by atoms with Crippen LogP contribution in [0.5, 0.6) is 0 Å². The third-order valence-electron chi connectivity index (χ3n) is 5.43. The number of nitrogens with zero attached hydrogens (tertiary/aromatic N) is 3. The molecule has 2 heterocycles. The lowest BCUT2D eigenvalue weighted by molar-refractivity contribution is 0.162. The molecule has 1 aliphatic carbocycles. The van der Waals surface area contributed by atoms with Gasteiger partial charge >= 0.3 is 5.69 Å². The van der Waals surface area contributed by atoms with E-state index in [-0.39, 0.29) is 42.6 Å². The maximum atomic E-state index is 13.5. The van der Waals surface area contributed by atoms with Crippen LogP contribution in [0.4, 0.5) is 0 Å². The second-order valence-corrected chi connectivity index (χ2v) is 9.56. The zero-order valence-corrected chi connectivity index (χ0v) is 17.5. The standard InChI is InChI=1S/C19H15ClN4O6S/c1-30-14-7-13(14)23-12-6-10(3-2-9(12)8-21-23)31(28,29)15-5-4-11(20)16-17(15)22-19(26)24(27)18(16)25/h2-6,8,13-14,27H,7H2,1H3,(H,22,26)/t13-,14-/m1/s1. The molecule has 0 aliphatic heterocycles. The first-order valence-corrected chi connectivity index (χ1v) is 11.0. The fourth-order valence-electron chi connectivity index (χ4n) is 3.72. The van der Waals surface area contributed by atoms with Crippen molar-refractivity contribution in [2.75, 3.05) is 7.11 Å². The van der Waals surface area contributed by atoms with Gasteiger partial charge in [-0.15, -0.1) is 0 Å². The molecule has 1 fully saturated rings. The summed E-state index contributed by atoms with van der Waals surface area (Å²) in [4.78, 5) is 26.1. The zero-order chi connectivity index (χ0) is 22.1. The van der Waals surface area contributed by atoms with Crippen LogP contribution in [-0.2, 0) is 14.6 Å². The Balaban J connectivity index is 1.73. The number of fused-ring (bicyclic) bond motifs is 2. The number of hydrogen-bond acceptors (Lipinski definition) is 7. The van der Waals surface area contributed by atoms with Crippen molar-refractivity contribution in [3.05, 3.63) is 62.4 Å². The Hall–Kier alpha value is -3.15. The summed E-state index contributed by atoms with van der Waals surface area (Å²) in [5, 5.41) is 14.3. The summed E-state index contributed by atoms with van der Waals surface area (Å²) in [6, 6.07) is 7.02. The fourth-order valence-corrected chi connectivity index (χ4v) is 5.39. The highest BCUT2D eigenvalue weighted by Crippen LogP contribution is 2.40. The van der Waals surface area contributed by atoms with E-state index in [1.54, 1.807) is 24.1 Å². The van der Waals surface area contributed by atoms with Gasteiger partial charge in [-0.25, -0.2) is 13.2 Å². The van der Waals surface area contributed by atoms with Crippen LogP contribution in [0.2, 0.25) is 5.02 Å². The molecule has 2 atom stereocenters. The summed E-state index contributed by atoms with van der Waals surface area (Å²) in [6.45, 7) is 0. The molecule has 2 N–H and O–H groups in total. The van der Waals surface area contributed by atoms with Crippen molar-refractivity contribution >= 4 is 43.2 Å². The Kier molecular flexibility index (Phi) is 4.26. The maximum Gasteiger partial charge on any atom is 0.362 e. The second-order valence-electron chi connectivity index (χ2n) is 7.23. The molecule has 0 saturated heterocycles. The first-order chi connectivity index (χ1) is 14.7. The summed E-state index contributed by atoms with van der Waals surface area (Å²) >= 11 is 6.04. The Morgan fingerprint density at radius 3 is 2.74 bits per heavy atom. The molecule has 1 saturated carbocycles. The van der Waals surface area contributed by atoms with Crippen LogP contribution in [0.15, 0.2) is 55.9 Å². The molecular formula is C19H15ClN4O6S. The van der Waals surface area contributed by atoms with E-state index in [4.69, 9.17) is 16.3 Å². The van der Waals surface area contributed by atoms with E-state index in [1.165, 1.54) is 24.3 Å². The number of ether oxygens (including phenoxy) is 1. The van der Waals surface area contributed by atoms with Gasteiger partial charge in [0, 0.05) is 18.9 Å². The Morgan fingerprint density at radius 1 is 1.26 bits per heavy atom. The van der Waals surface area contributed by atoms with E-state index < -0.39 is 21.1 Å². The number of benzene rings is 2. The third kappa shape index (κ3) is 2.88. The van der Waals surface area contributed by atoms with Crippen LogP contribution in [-0.4, -0.2) is 46.3 Å². The summed E-state index contributed by atoms with van der Waals surface area (Å²) < 4.78 is 33.8. The normalized spacial score (nSPS) is 18.6. The number of sulfone groups is 1. The number of halogens is 1. The van der Waals surface area contributed by atoms with E-state index in [0.29, 0.717) is 5.52 Å². The number of methoxy groups -OCH3 is 1. The highest BCUT2D eigenvalue weighted by atomic mass is 35.5. The van der Waals surface area contributed by atoms with Crippen molar-refractivity contribution in [1.29, 1.82) is 0 Å². The quantitative estimate of drug-likeness (QED) is 0.440. The predicted molar refractivity (Wildman–Crippen MR) is 111 cm³/mol. The number of rotatable bonds is 4. The molecule has 160 valence electrons. The lowest BCUT2D eigenvalue weighted by Crippen LogP contribution is -2.33. The maximum absolute atomic E-state index is 13.5. The molecule has 0 bridgehead atoms. The van der Waals surface area contributed by atoms with Crippen molar-refractivity contribution < 1.29 is 18.4 Å². The molecule has 12 heteroatoms. The molecule has 2 aromatic heterocycles. The van der Waals surface area contributed by atoms with Gasteiger partial charge < -0.3 is 14.9 Å². The van der Waals surface area contributed by atoms with Crippen molar-refractivity contribution in [2.45, 2.75) is 28.4 Å². The second kappa shape index (κ2) is 6.67. The van der Waals surface area contributed by atoms with Crippen LogP contribution in [0.3, 0.4) is 0 Å². The Labute approximate surface area is 179 Å². The molecular weight excluding hydrogens is 448 g/mol. The van der Waals surface area contributed by atoms with E-state index in [1.807, 2.05) is 0 Å². The van der Waals surface area contributed by atoms with E-state index in [9.17, 15) is 23.2 Å². The van der Waals surface area contributed by atoms with Gasteiger partial charge in [-0.2, -0.15) is 5.10 Å². The van der Waals surface area contributed by atoms with Gasteiger partial charge in [-0.05, 0) is 30.3 Å². The van der Waals surface area contributed by atoms with Crippen molar-refractivity contribution in [2.24, 2.45) is 0 Å². The first kappa shape index (κ1) is 19.8. The molecule has 0 unspecified atom stereocenters. The molecule has 2 aromatic carbocycles. The average Bonchev–Trinajstić information content (AvgIpc) is 3.41. The van der Waals surface area contributed by atoms with Crippen LogP contribution in [0.25, 0.3) is 21.8 Å².